The molecule has 1 fully saturated rings. The smallest absolute Gasteiger partial charge is 0.122 e. The molecule has 2 heteroatoms. The first-order valence-electron chi connectivity index (χ1n) is 5.61. The third kappa shape index (κ3) is 2.32. The fourth-order valence-electron chi connectivity index (χ4n) is 2.34. The first-order chi connectivity index (χ1) is 7.31. The van der Waals surface area contributed by atoms with E-state index in [2.05, 4.69) is 25.2 Å². The Morgan fingerprint density at radius 3 is 2.60 bits per heavy atom. The van der Waals surface area contributed by atoms with Gasteiger partial charge >= 0.3 is 0 Å². The molecular weight excluding hydrogens is 186 g/mol. The molecule has 0 amide bonds. The van der Waals surface area contributed by atoms with Crippen molar-refractivity contribution >= 4 is 0 Å². The lowest BCUT2D eigenvalue weighted by Crippen LogP contribution is -3.07. The Hall–Kier alpha value is -1.02. The first kappa shape index (κ1) is 10.5. The zero-order valence-corrected chi connectivity index (χ0v) is 9.33. The predicted octanol–water partition coefficient (Wildman–Crippen LogP) is 1.25. The molecule has 1 aromatic rings. The minimum absolute atomic E-state index is 0.659. The molecule has 0 spiro atoms. The van der Waals surface area contributed by atoms with Crippen molar-refractivity contribution in [3.05, 3.63) is 36.9 Å². The molecule has 82 valence electrons. The van der Waals surface area contributed by atoms with Crippen molar-refractivity contribution < 1.29 is 9.64 Å². The van der Waals surface area contributed by atoms with Crippen molar-refractivity contribution in [2.24, 2.45) is 0 Å². The molecule has 0 aliphatic carbocycles. The van der Waals surface area contributed by atoms with Crippen LogP contribution in [0.2, 0.25) is 0 Å². The largest absolute Gasteiger partial charge is 0.496 e. The number of ether oxygens (including phenoxy) is 1. The van der Waals surface area contributed by atoms with E-state index in [4.69, 9.17) is 4.74 Å². The molecule has 0 aromatic heterocycles. The number of likely N-dealkylation sites (tertiary alicyclic amines) is 1. The number of benzene rings is 1. The van der Waals surface area contributed by atoms with Crippen LogP contribution in [0.4, 0.5) is 0 Å². The number of nitrogens with one attached hydrogen (secondary N) is 1. The lowest BCUT2D eigenvalue weighted by Gasteiger charge is -2.31. The number of hydrogen-bond acceptors (Lipinski definition) is 1. The van der Waals surface area contributed by atoms with Crippen molar-refractivity contribution in [2.75, 3.05) is 20.2 Å². The Kier molecular flexibility index (Phi) is 3.27. The second kappa shape index (κ2) is 4.67. The van der Waals surface area contributed by atoms with Gasteiger partial charge in [-0.25, -0.2) is 0 Å². The van der Waals surface area contributed by atoms with Gasteiger partial charge in [-0.15, -0.1) is 0 Å². The normalized spacial score (nSPS) is 26.3. The maximum absolute atomic E-state index is 5.40. The van der Waals surface area contributed by atoms with Gasteiger partial charge in [-0.05, 0) is 17.5 Å². The standard InChI is InChI=1S/C13H19NO/c1-14-9-7-11(8-10-14)12-5-3-4-6-13(12)15-2/h3-6,11,14H,1,7-10H2,2H3. The summed E-state index contributed by atoms with van der Waals surface area (Å²) in [5.41, 5.74) is 1.37. The second-order valence-electron chi connectivity index (χ2n) is 4.27. The van der Waals surface area contributed by atoms with E-state index in [1.807, 2.05) is 6.07 Å². The van der Waals surface area contributed by atoms with Crippen LogP contribution in [0.25, 0.3) is 0 Å². The Morgan fingerprint density at radius 1 is 1.27 bits per heavy atom. The van der Waals surface area contributed by atoms with E-state index < -0.39 is 0 Å². The van der Waals surface area contributed by atoms with Crippen molar-refractivity contribution in [1.29, 1.82) is 0 Å². The molecule has 1 N–H and O–H groups in total. The molecule has 0 bridgehead atoms. The highest BCUT2D eigenvalue weighted by Gasteiger charge is 2.21. The second-order valence-corrected chi connectivity index (χ2v) is 4.27. The van der Waals surface area contributed by atoms with Crippen LogP contribution in [0.1, 0.15) is 24.3 Å². The van der Waals surface area contributed by atoms with E-state index in [1.54, 1.807) is 7.11 Å². The van der Waals surface area contributed by atoms with Gasteiger partial charge in [0.1, 0.15) is 5.75 Å². The summed E-state index contributed by atoms with van der Waals surface area (Å²) in [6, 6.07) is 8.38. The summed E-state index contributed by atoms with van der Waals surface area (Å²) in [7, 11) is 5.80. The Balaban J connectivity index is 2.15. The molecule has 2 rings (SSSR count). The molecule has 1 heterocycles. The van der Waals surface area contributed by atoms with Crippen LogP contribution in [-0.4, -0.2) is 20.2 Å². The van der Waals surface area contributed by atoms with Crippen LogP contribution in [0.15, 0.2) is 24.3 Å². The lowest BCUT2D eigenvalue weighted by molar-refractivity contribution is -0.859. The van der Waals surface area contributed by atoms with Gasteiger partial charge in [0.05, 0.1) is 20.2 Å². The van der Waals surface area contributed by atoms with Crippen molar-refractivity contribution in [1.82, 2.24) is 0 Å². The summed E-state index contributed by atoms with van der Waals surface area (Å²) in [5.74, 6) is 1.70. The maximum atomic E-state index is 5.40. The van der Waals surface area contributed by atoms with E-state index in [1.165, 1.54) is 36.4 Å². The Labute approximate surface area is 91.9 Å². The lowest BCUT2D eigenvalue weighted by atomic mass is 9.89. The number of para-hydroxylation sites is 1. The molecule has 1 aliphatic heterocycles. The predicted molar refractivity (Wildman–Crippen MR) is 61.0 cm³/mol. The molecule has 0 saturated carbocycles. The fourth-order valence-corrected chi connectivity index (χ4v) is 2.34. The monoisotopic (exact) mass is 205 g/mol. The highest BCUT2D eigenvalue weighted by molar-refractivity contribution is 5.36. The van der Waals surface area contributed by atoms with Crippen molar-refractivity contribution in [2.45, 2.75) is 18.8 Å². The van der Waals surface area contributed by atoms with Gasteiger partial charge in [0, 0.05) is 12.8 Å². The van der Waals surface area contributed by atoms with Gasteiger partial charge in [-0.3, -0.25) is 0 Å². The number of hydrogen-bond donors (Lipinski definition) is 1. The quantitative estimate of drug-likeness (QED) is 0.717. The molecule has 1 aliphatic rings. The van der Waals surface area contributed by atoms with Gasteiger partial charge in [0.25, 0.3) is 0 Å². The third-order valence-electron chi connectivity index (χ3n) is 3.27. The van der Waals surface area contributed by atoms with Gasteiger partial charge < -0.3 is 9.64 Å². The number of piperidine rings is 1. The molecule has 15 heavy (non-hydrogen) atoms. The molecule has 1 aromatic carbocycles. The summed E-state index contributed by atoms with van der Waals surface area (Å²) in [6.45, 7) is 2.34. The molecule has 0 unspecified atom stereocenters. The van der Waals surface area contributed by atoms with Gasteiger partial charge in [0.2, 0.25) is 0 Å². The summed E-state index contributed by atoms with van der Waals surface area (Å²) in [4.78, 5) is 1.40. The SMILES string of the molecule is [CH2-][NH+]1CCC(c2ccccc2OC)CC1. The van der Waals surface area contributed by atoms with Gasteiger partial charge in [-0.2, -0.15) is 7.05 Å². The summed E-state index contributed by atoms with van der Waals surface area (Å²) < 4.78 is 5.40. The van der Waals surface area contributed by atoms with Crippen LogP contribution in [0.3, 0.4) is 0 Å². The molecule has 0 radical (unpaired) electrons. The summed E-state index contributed by atoms with van der Waals surface area (Å²) >= 11 is 0. The number of rotatable bonds is 2. The van der Waals surface area contributed by atoms with Crippen LogP contribution in [0, 0.1) is 7.05 Å². The molecule has 0 atom stereocenters. The summed E-state index contributed by atoms with van der Waals surface area (Å²) in [6.07, 6.45) is 2.44. The fraction of sp³-hybridized carbons (Fsp3) is 0.462. The Bertz CT molecular complexity index is 316. The van der Waals surface area contributed by atoms with E-state index in [9.17, 15) is 0 Å². The number of quaternary nitrogens is 1. The van der Waals surface area contributed by atoms with E-state index in [0.29, 0.717) is 5.92 Å². The third-order valence-corrected chi connectivity index (χ3v) is 3.27. The topological polar surface area (TPSA) is 13.7 Å². The van der Waals surface area contributed by atoms with Crippen LogP contribution < -0.4 is 9.64 Å². The average molecular weight is 205 g/mol. The molecule has 2 nitrogen and oxygen atoms in total. The highest BCUT2D eigenvalue weighted by Crippen LogP contribution is 2.31. The summed E-state index contributed by atoms with van der Waals surface area (Å²) in [5, 5.41) is 0. The van der Waals surface area contributed by atoms with Crippen LogP contribution in [0.5, 0.6) is 5.75 Å². The molecular formula is C13H19NO. The zero-order chi connectivity index (χ0) is 10.7. The highest BCUT2D eigenvalue weighted by atomic mass is 16.5. The minimum atomic E-state index is 0.659. The van der Waals surface area contributed by atoms with Gasteiger partial charge in [-0.1, -0.05) is 18.2 Å². The van der Waals surface area contributed by atoms with E-state index in [0.717, 1.165) is 5.75 Å². The van der Waals surface area contributed by atoms with Crippen LogP contribution >= 0.6 is 0 Å². The van der Waals surface area contributed by atoms with E-state index in [-0.39, 0.29) is 0 Å². The van der Waals surface area contributed by atoms with Gasteiger partial charge in [0.15, 0.2) is 0 Å². The van der Waals surface area contributed by atoms with Crippen LogP contribution in [-0.2, 0) is 0 Å². The number of methoxy groups -OCH3 is 1. The maximum Gasteiger partial charge on any atom is 0.122 e. The van der Waals surface area contributed by atoms with E-state index >= 15 is 0 Å². The Morgan fingerprint density at radius 2 is 1.93 bits per heavy atom. The minimum Gasteiger partial charge on any atom is -0.496 e. The zero-order valence-electron chi connectivity index (χ0n) is 9.33. The first-order valence-corrected chi connectivity index (χ1v) is 5.61. The average Bonchev–Trinajstić information content (AvgIpc) is 2.30. The molecule has 1 saturated heterocycles. The van der Waals surface area contributed by atoms with Crippen molar-refractivity contribution in [3.63, 3.8) is 0 Å². The van der Waals surface area contributed by atoms with Crippen molar-refractivity contribution in [3.8, 4) is 5.75 Å².